The second kappa shape index (κ2) is 11.3. The summed E-state index contributed by atoms with van der Waals surface area (Å²) in [5, 5.41) is 8.51. The van der Waals surface area contributed by atoms with Gasteiger partial charge in [0.1, 0.15) is 17.9 Å². The minimum Gasteiger partial charge on any atom is -0.439 e. The summed E-state index contributed by atoms with van der Waals surface area (Å²) in [6, 6.07) is 10.0. The van der Waals surface area contributed by atoms with Crippen LogP contribution in [-0.2, 0) is 15.8 Å². The van der Waals surface area contributed by atoms with Crippen molar-refractivity contribution in [3.8, 4) is 11.6 Å². The maximum Gasteiger partial charge on any atom is 0.416 e. The van der Waals surface area contributed by atoms with Crippen molar-refractivity contribution >= 4 is 29.0 Å². The minimum atomic E-state index is -4.54. The first kappa shape index (κ1) is 27.9. The Morgan fingerprint density at radius 1 is 1.00 bits per heavy atom. The predicted octanol–water partition coefficient (Wildman–Crippen LogP) is 6.51. The lowest BCUT2D eigenvalue weighted by Crippen LogP contribution is -2.20. The second-order valence-electron chi connectivity index (χ2n) is 9.94. The number of carbonyl (C=O) groups excluding carboxylic acids is 2. The number of halogens is 3. The fraction of sp³-hybridized carbons (Fsp3) is 0.357. The summed E-state index contributed by atoms with van der Waals surface area (Å²) in [5.74, 6) is -0.329. The van der Waals surface area contributed by atoms with Gasteiger partial charge in [0.25, 0.3) is 0 Å². The second-order valence-corrected chi connectivity index (χ2v) is 9.94. The number of rotatable bonds is 9. The largest absolute Gasteiger partial charge is 0.439 e. The molecule has 0 bridgehead atoms. The summed E-state index contributed by atoms with van der Waals surface area (Å²) >= 11 is 0. The standard InChI is InChI=1S/C28H30F3N5O3/c1-15(2)34-21-11-19(10-20(12-21)28(29,30)31)17(4)26(37)35-23-8-7-22(9-16(23)3)39-25-13-24(32-14-33-25)36-27(38)18-5-6-18/h7-15,17-18,34H,5-6H2,1-4H3,(H,35,37)(H,32,33,36,38). The molecule has 39 heavy (non-hydrogen) atoms. The maximum absolute atomic E-state index is 13.5. The van der Waals surface area contributed by atoms with Crippen LogP contribution in [0.4, 0.5) is 30.4 Å². The number of amides is 2. The van der Waals surface area contributed by atoms with E-state index in [4.69, 9.17) is 4.74 Å². The van der Waals surface area contributed by atoms with E-state index >= 15 is 0 Å². The molecule has 1 fully saturated rings. The van der Waals surface area contributed by atoms with Crippen LogP contribution in [0.2, 0.25) is 0 Å². The molecule has 1 aliphatic carbocycles. The number of ether oxygens (including phenoxy) is 1. The van der Waals surface area contributed by atoms with E-state index in [9.17, 15) is 22.8 Å². The molecule has 3 N–H and O–H groups in total. The van der Waals surface area contributed by atoms with Crippen LogP contribution in [-0.4, -0.2) is 27.8 Å². The van der Waals surface area contributed by atoms with Crippen molar-refractivity contribution in [2.45, 2.75) is 58.7 Å². The maximum atomic E-state index is 13.5. The van der Waals surface area contributed by atoms with Gasteiger partial charge in [0.2, 0.25) is 17.7 Å². The summed E-state index contributed by atoms with van der Waals surface area (Å²) in [6.07, 6.45) is -1.51. The summed E-state index contributed by atoms with van der Waals surface area (Å²) in [7, 11) is 0. The van der Waals surface area contributed by atoms with E-state index < -0.39 is 23.6 Å². The van der Waals surface area contributed by atoms with Crippen LogP contribution in [0.5, 0.6) is 11.6 Å². The van der Waals surface area contributed by atoms with E-state index in [0.717, 1.165) is 25.0 Å². The molecule has 1 aromatic heterocycles. The number of anilines is 3. The van der Waals surface area contributed by atoms with E-state index in [1.807, 2.05) is 13.8 Å². The SMILES string of the molecule is Cc1cc(Oc2cc(NC(=O)C3CC3)ncn2)ccc1NC(=O)C(C)c1cc(NC(C)C)cc(C(F)(F)F)c1. The summed E-state index contributed by atoms with van der Waals surface area (Å²) in [4.78, 5) is 33.1. The smallest absolute Gasteiger partial charge is 0.416 e. The summed E-state index contributed by atoms with van der Waals surface area (Å²) < 4.78 is 46.3. The third kappa shape index (κ3) is 7.46. The Labute approximate surface area is 224 Å². The molecule has 0 radical (unpaired) electrons. The number of nitrogens with zero attached hydrogens (tertiary/aromatic N) is 2. The van der Waals surface area contributed by atoms with Crippen LogP contribution in [0.15, 0.2) is 48.8 Å². The van der Waals surface area contributed by atoms with Crippen molar-refractivity contribution in [1.29, 1.82) is 0 Å². The molecule has 1 atom stereocenters. The Hall–Kier alpha value is -4.15. The van der Waals surface area contributed by atoms with Gasteiger partial charge in [-0.25, -0.2) is 9.97 Å². The Morgan fingerprint density at radius 3 is 2.38 bits per heavy atom. The van der Waals surface area contributed by atoms with Gasteiger partial charge < -0.3 is 20.7 Å². The van der Waals surface area contributed by atoms with Crippen LogP contribution in [0.3, 0.4) is 0 Å². The minimum absolute atomic E-state index is 0.0322. The number of hydrogen-bond donors (Lipinski definition) is 3. The van der Waals surface area contributed by atoms with Gasteiger partial charge in [-0.05, 0) is 88.1 Å². The van der Waals surface area contributed by atoms with Crippen LogP contribution in [0.1, 0.15) is 56.2 Å². The quantitative estimate of drug-likeness (QED) is 0.285. The van der Waals surface area contributed by atoms with Gasteiger partial charge in [-0.15, -0.1) is 0 Å². The van der Waals surface area contributed by atoms with Gasteiger partial charge in [0.05, 0.1) is 11.5 Å². The first-order valence-corrected chi connectivity index (χ1v) is 12.6. The molecule has 0 spiro atoms. The van der Waals surface area contributed by atoms with Crippen molar-refractivity contribution in [2.24, 2.45) is 5.92 Å². The average molecular weight is 542 g/mol. The number of carbonyl (C=O) groups is 2. The van der Waals surface area contributed by atoms with Crippen molar-refractivity contribution in [3.05, 3.63) is 65.5 Å². The molecular formula is C28H30F3N5O3. The molecule has 0 saturated heterocycles. The van der Waals surface area contributed by atoms with E-state index in [1.54, 1.807) is 38.1 Å². The lowest BCUT2D eigenvalue weighted by Gasteiger charge is -2.19. The molecule has 3 aromatic rings. The fourth-order valence-electron chi connectivity index (χ4n) is 3.87. The highest BCUT2D eigenvalue weighted by atomic mass is 19.4. The zero-order valence-corrected chi connectivity index (χ0v) is 22.0. The molecule has 0 aliphatic heterocycles. The first-order valence-electron chi connectivity index (χ1n) is 12.6. The summed E-state index contributed by atoms with van der Waals surface area (Å²) in [5.41, 5.74) is 0.895. The lowest BCUT2D eigenvalue weighted by atomic mass is 9.96. The summed E-state index contributed by atoms with van der Waals surface area (Å²) in [6.45, 7) is 6.97. The third-order valence-electron chi connectivity index (χ3n) is 6.15. The van der Waals surface area contributed by atoms with E-state index in [1.165, 1.54) is 12.4 Å². The van der Waals surface area contributed by atoms with Crippen molar-refractivity contribution in [3.63, 3.8) is 0 Å². The number of aromatic nitrogens is 2. The highest BCUT2D eigenvalue weighted by Gasteiger charge is 2.32. The normalized spacial score (nSPS) is 14.1. The molecule has 2 aromatic carbocycles. The fourth-order valence-corrected chi connectivity index (χ4v) is 3.87. The van der Waals surface area contributed by atoms with Gasteiger partial charge in [-0.2, -0.15) is 13.2 Å². The van der Waals surface area contributed by atoms with Gasteiger partial charge in [-0.3, -0.25) is 9.59 Å². The molecule has 1 saturated carbocycles. The molecule has 11 heteroatoms. The van der Waals surface area contributed by atoms with E-state index in [-0.39, 0.29) is 29.3 Å². The molecule has 8 nitrogen and oxygen atoms in total. The number of aryl methyl sites for hydroxylation is 1. The highest BCUT2D eigenvalue weighted by molar-refractivity contribution is 5.96. The molecule has 4 rings (SSSR count). The van der Waals surface area contributed by atoms with E-state index in [2.05, 4.69) is 25.9 Å². The molecule has 1 heterocycles. The van der Waals surface area contributed by atoms with Crippen LogP contribution >= 0.6 is 0 Å². The van der Waals surface area contributed by atoms with Gasteiger partial charge in [-0.1, -0.05) is 0 Å². The Balaban J connectivity index is 1.45. The number of nitrogens with one attached hydrogen (secondary N) is 3. The monoisotopic (exact) mass is 541 g/mol. The van der Waals surface area contributed by atoms with Crippen molar-refractivity contribution < 1.29 is 27.5 Å². The number of benzene rings is 2. The number of hydrogen-bond acceptors (Lipinski definition) is 6. The van der Waals surface area contributed by atoms with Crippen molar-refractivity contribution in [1.82, 2.24) is 9.97 Å². The predicted molar refractivity (Wildman–Crippen MR) is 142 cm³/mol. The van der Waals surface area contributed by atoms with Gasteiger partial charge in [0, 0.05) is 29.4 Å². The highest BCUT2D eigenvalue weighted by Crippen LogP contribution is 2.35. The molecule has 2 amide bonds. The Kier molecular flexibility index (Phi) is 8.08. The Bertz CT molecular complexity index is 1370. The van der Waals surface area contributed by atoms with E-state index in [0.29, 0.717) is 28.5 Å². The van der Waals surface area contributed by atoms with Crippen LogP contribution in [0, 0.1) is 12.8 Å². The molecule has 206 valence electrons. The van der Waals surface area contributed by atoms with Gasteiger partial charge in [0.15, 0.2) is 0 Å². The Morgan fingerprint density at radius 2 is 1.74 bits per heavy atom. The first-order chi connectivity index (χ1) is 18.4. The van der Waals surface area contributed by atoms with Crippen LogP contribution < -0.4 is 20.7 Å². The number of alkyl halides is 3. The van der Waals surface area contributed by atoms with Crippen LogP contribution in [0.25, 0.3) is 0 Å². The molecule has 1 aliphatic rings. The zero-order chi connectivity index (χ0) is 28.3. The molecule has 1 unspecified atom stereocenters. The molecular weight excluding hydrogens is 511 g/mol. The topological polar surface area (TPSA) is 105 Å². The van der Waals surface area contributed by atoms with Crippen molar-refractivity contribution in [2.75, 3.05) is 16.0 Å². The third-order valence-corrected chi connectivity index (χ3v) is 6.15. The zero-order valence-electron chi connectivity index (χ0n) is 22.0. The average Bonchev–Trinajstić information content (AvgIpc) is 3.70. The van der Waals surface area contributed by atoms with Gasteiger partial charge >= 0.3 is 6.18 Å². The lowest BCUT2D eigenvalue weighted by molar-refractivity contribution is -0.137.